The van der Waals surface area contributed by atoms with Gasteiger partial charge in [0.15, 0.2) is 11.0 Å². The van der Waals surface area contributed by atoms with Crippen molar-refractivity contribution in [3.05, 3.63) is 60.7 Å². The van der Waals surface area contributed by atoms with Crippen molar-refractivity contribution >= 4 is 28.6 Å². The molecule has 2 heterocycles. The first kappa shape index (κ1) is 23.0. The van der Waals surface area contributed by atoms with Crippen LogP contribution in [0.5, 0.6) is 0 Å². The first-order valence-electron chi connectivity index (χ1n) is 11.4. The number of carbonyl (C=O) groups excluding carboxylic acids is 1. The molecule has 0 aliphatic heterocycles. The van der Waals surface area contributed by atoms with E-state index in [0.717, 1.165) is 38.7 Å². The van der Waals surface area contributed by atoms with Crippen LogP contribution in [-0.4, -0.2) is 48.9 Å². The predicted molar refractivity (Wildman–Crippen MR) is 135 cm³/mol. The Morgan fingerprint density at radius 1 is 1.00 bits per heavy atom. The number of pyridine rings is 1. The Morgan fingerprint density at radius 2 is 1.70 bits per heavy atom. The van der Waals surface area contributed by atoms with E-state index in [1.807, 2.05) is 62.1 Å². The molecule has 2 aromatic heterocycles. The van der Waals surface area contributed by atoms with Crippen LogP contribution in [0.2, 0.25) is 0 Å². The predicted octanol–water partition coefficient (Wildman–Crippen LogP) is 5.53. The summed E-state index contributed by atoms with van der Waals surface area (Å²) in [7, 11) is 0. The molecule has 6 nitrogen and oxygen atoms in total. The van der Waals surface area contributed by atoms with Gasteiger partial charge in [0.05, 0.1) is 16.5 Å². The Balaban J connectivity index is 1.78. The maximum Gasteiger partial charge on any atom is 0.235 e. The first-order valence-corrected chi connectivity index (χ1v) is 12.3. The van der Waals surface area contributed by atoms with Crippen LogP contribution in [0, 0.1) is 0 Å². The number of hydrogen-bond acceptors (Lipinski definition) is 5. The molecule has 0 aliphatic rings. The molecule has 7 heteroatoms. The van der Waals surface area contributed by atoms with Crippen LogP contribution in [0.1, 0.15) is 27.7 Å². The van der Waals surface area contributed by atoms with Crippen molar-refractivity contribution < 1.29 is 4.79 Å². The molecule has 0 fully saturated rings. The van der Waals surface area contributed by atoms with E-state index in [0.29, 0.717) is 19.6 Å². The number of nitrogens with zero attached hydrogens (tertiary/aromatic N) is 5. The minimum absolute atomic E-state index is 0.123. The summed E-state index contributed by atoms with van der Waals surface area (Å²) in [6, 6.07) is 20.4. The van der Waals surface area contributed by atoms with Crippen LogP contribution in [0.15, 0.2) is 65.8 Å². The Kier molecular flexibility index (Phi) is 7.08. The molecule has 0 bridgehead atoms. The molecule has 2 aromatic carbocycles. The van der Waals surface area contributed by atoms with Crippen molar-refractivity contribution in [2.24, 2.45) is 0 Å². The number of amides is 1. The smallest absolute Gasteiger partial charge is 0.235 e. The first-order chi connectivity index (χ1) is 16.1. The van der Waals surface area contributed by atoms with Crippen molar-refractivity contribution in [3.8, 4) is 22.6 Å². The molecule has 1 unspecified atom stereocenters. The highest BCUT2D eigenvalue weighted by atomic mass is 32.2. The van der Waals surface area contributed by atoms with Gasteiger partial charge in [-0.15, -0.1) is 10.2 Å². The summed E-state index contributed by atoms with van der Waals surface area (Å²) in [5, 5.41) is 10.6. The number of fused-ring (bicyclic) bond motifs is 1. The molecular formula is C26H29N5OS. The van der Waals surface area contributed by atoms with Gasteiger partial charge in [0.25, 0.3) is 0 Å². The summed E-state index contributed by atoms with van der Waals surface area (Å²) >= 11 is 1.47. The highest BCUT2D eigenvalue weighted by molar-refractivity contribution is 8.00. The fourth-order valence-corrected chi connectivity index (χ4v) is 4.98. The third kappa shape index (κ3) is 4.64. The average molecular weight is 460 g/mol. The van der Waals surface area contributed by atoms with Gasteiger partial charge in [0.1, 0.15) is 0 Å². The van der Waals surface area contributed by atoms with E-state index in [4.69, 9.17) is 4.98 Å². The normalized spacial score (nSPS) is 12.1. The van der Waals surface area contributed by atoms with Gasteiger partial charge in [-0.25, -0.2) is 4.98 Å². The van der Waals surface area contributed by atoms with E-state index in [1.54, 1.807) is 0 Å². The third-order valence-electron chi connectivity index (χ3n) is 5.76. The van der Waals surface area contributed by atoms with E-state index in [2.05, 4.69) is 46.0 Å². The molecule has 1 atom stereocenters. The summed E-state index contributed by atoms with van der Waals surface area (Å²) in [6.07, 6.45) is 0. The largest absolute Gasteiger partial charge is 0.342 e. The van der Waals surface area contributed by atoms with Crippen LogP contribution in [-0.2, 0) is 11.3 Å². The molecule has 4 aromatic rings. The van der Waals surface area contributed by atoms with Crippen LogP contribution < -0.4 is 0 Å². The lowest BCUT2D eigenvalue weighted by Gasteiger charge is -2.22. The van der Waals surface area contributed by atoms with Gasteiger partial charge in [0, 0.05) is 36.1 Å². The molecule has 33 heavy (non-hydrogen) atoms. The second kappa shape index (κ2) is 10.2. The number of aromatic nitrogens is 4. The average Bonchev–Trinajstić information content (AvgIpc) is 3.26. The summed E-state index contributed by atoms with van der Waals surface area (Å²) in [5.41, 5.74) is 3.86. The Morgan fingerprint density at radius 3 is 2.39 bits per heavy atom. The Labute approximate surface area is 199 Å². The lowest BCUT2D eigenvalue weighted by molar-refractivity contribution is -0.129. The molecule has 0 spiro atoms. The number of thioether (sulfide) groups is 1. The zero-order valence-electron chi connectivity index (χ0n) is 19.5. The maximum absolute atomic E-state index is 12.8. The van der Waals surface area contributed by atoms with E-state index >= 15 is 0 Å². The number of hydrogen-bond donors (Lipinski definition) is 0. The number of para-hydroxylation sites is 1. The second-order valence-electron chi connectivity index (χ2n) is 7.76. The number of rotatable bonds is 8. The van der Waals surface area contributed by atoms with Crippen molar-refractivity contribution in [2.75, 3.05) is 13.1 Å². The highest BCUT2D eigenvalue weighted by Crippen LogP contribution is 2.33. The summed E-state index contributed by atoms with van der Waals surface area (Å²) in [6.45, 7) is 10.1. The summed E-state index contributed by atoms with van der Waals surface area (Å²) in [4.78, 5) is 19.5. The second-order valence-corrected chi connectivity index (χ2v) is 9.07. The molecule has 0 saturated heterocycles. The van der Waals surface area contributed by atoms with Crippen LogP contribution in [0.3, 0.4) is 0 Å². The molecule has 1 amide bonds. The third-order valence-corrected chi connectivity index (χ3v) is 6.83. The lowest BCUT2D eigenvalue weighted by Crippen LogP contribution is -2.36. The maximum atomic E-state index is 12.8. The Bertz CT molecular complexity index is 1250. The number of benzene rings is 2. The van der Waals surface area contributed by atoms with Gasteiger partial charge in [-0.2, -0.15) is 0 Å². The standard InChI is InChI=1S/C26H29N5OS/c1-5-30(6-2)25(32)18(4)33-26-29-28-24(31(26)7-3)21-17-23(19-13-9-8-10-14-19)27-22-16-12-11-15-20(21)22/h8-18H,5-7H2,1-4H3. The molecule has 0 saturated carbocycles. The van der Waals surface area contributed by atoms with Gasteiger partial charge < -0.3 is 9.47 Å². The fraction of sp³-hybridized carbons (Fsp3) is 0.308. The van der Waals surface area contributed by atoms with Crippen LogP contribution in [0.25, 0.3) is 33.5 Å². The molecule has 0 aliphatic carbocycles. The van der Waals surface area contributed by atoms with E-state index in [1.165, 1.54) is 11.8 Å². The van der Waals surface area contributed by atoms with Crippen molar-refractivity contribution in [2.45, 2.75) is 44.6 Å². The van der Waals surface area contributed by atoms with Crippen molar-refractivity contribution in [3.63, 3.8) is 0 Å². The van der Waals surface area contributed by atoms with Crippen LogP contribution in [0.4, 0.5) is 0 Å². The summed E-state index contributed by atoms with van der Waals surface area (Å²) in [5.74, 6) is 0.913. The quantitative estimate of drug-likeness (QED) is 0.324. The molecule has 170 valence electrons. The van der Waals surface area contributed by atoms with E-state index < -0.39 is 0 Å². The van der Waals surface area contributed by atoms with Gasteiger partial charge in [0.2, 0.25) is 5.91 Å². The minimum Gasteiger partial charge on any atom is -0.342 e. The molecule has 0 radical (unpaired) electrons. The Hall–Kier alpha value is -3.19. The van der Waals surface area contributed by atoms with Crippen LogP contribution >= 0.6 is 11.8 Å². The molecule has 0 N–H and O–H groups in total. The molecule has 4 rings (SSSR count). The van der Waals surface area contributed by atoms with E-state index in [9.17, 15) is 4.79 Å². The van der Waals surface area contributed by atoms with Crippen molar-refractivity contribution in [1.82, 2.24) is 24.6 Å². The monoisotopic (exact) mass is 459 g/mol. The SMILES string of the molecule is CCN(CC)C(=O)C(C)Sc1nnc(-c2cc(-c3ccccc3)nc3ccccc23)n1CC. The fourth-order valence-electron chi connectivity index (χ4n) is 3.98. The zero-order valence-corrected chi connectivity index (χ0v) is 20.3. The highest BCUT2D eigenvalue weighted by Gasteiger charge is 2.24. The minimum atomic E-state index is -0.235. The summed E-state index contributed by atoms with van der Waals surface area (Å²) < 4.78 is 2.09. The van der Waals surface area contributed by atoms with Crippen molar-refractivity contribution in [1.29, 1.82) is 0 Å². The zero-order chi connectivity index (χ0) is 23.4. The number of carbonyl (C=O) groups is 1. The van der Waals surface area contributed by atoms with Gasteiger partial charge in [-0.05, 0) is 39.8 Å². The molecular weight excluding hydrogens is 430 g/mol. The van der Waals surface area contributed by atoms with E-state index in [-0.39, 0.29) is 11.2 Å². The van der Waals surface area contributed by atoms with Gasteiger partial charge in [-0.3, -0.25) is 4.79 Å². The van der Waals surface area contributed by atoms with Gasteiger partial charge >= 0.3 is 0 Å². The topological polar surface area (TPSA) is 63.9 Å². The lowest BCUT2D eigenvalue weighted by atomic mass is 10.0. The van der Waals surface area contributed by atoms with Gasteiger partial charge in [-0.1, -0.05) is 60.3 Å².